The molecule has 0 aromatic rings. The van der Waals surface area contributed by atoms with Crippen molar-refractivity contribution in [3.63, 3.8) is 0 Å². The van der Waals surface area contributed by atoms with Crippen molar-refractivity contribution in [2.24, 2.45) is 5.73 Å². The zero-order chi connectivity index (χ0) is 36.2. The molecule has 2 fully saturated rings. The summed E-state index contributed by atoms with van der Waals surface area (Å²) < 4.78 is 16.1. The number of nitrogens with zero attached hydrogens (tertiary/aromatic N) is 2. The van der Waals surface area contributed by atoms with Gasteiger partial charge in [0.1, 0.15) is 42.0 Å². The standard InChI is InChI=1S/C33H51N5O10/c1-8-10-16-24(39)46-20(3)26(28(34)41)35-29(42)22-14-12-18-37(22)30(43)23-15-13-19-38(23)31(44)27(36-32(45)48-33(5,6)7)21(4)47-25(40)17-11-9-2/h8-9,20-23,26-27H,1-2,10-19H2,3-7H3,(H2,34,41)(H,35,42)(H,36,45)/t20-,21-,22+,23+,26?,27+/m1/s1. The van der Waals surface area contributed by atoms with Crippen molar-refractivity contribution >= 4 is 41.7 Å². The van der Waals surface area contributed by atoms with Crippen molar-refractivity contribution in [2.75, 3.05) is 13.1 Å². The molecule has 2 rings (SSSR count). The minimum Gasteiger partial charge on any atom is -0.460 e. The van der Waals surface area contributed by atoms with Gasteiger partial charge in [-0.25, -0.2) is 4.79 Å². The number of hydrogen-bond acceptors (Lipinski definition) is 10. The zero-order valence-electron chi connectivity index (χ0n) is 28.7. The van der Waals surface area contributed by atoms with Crippen LogP contribution in [-0.4, -0.2) is 107 Å². The van der Waals surface area contributed by atoms with E-state index in [-0.39, 0.29) is 32.4 Å². The molecule has 2 saturated heterocycles. The van der Waals surface area contributed by atoms with Crippen molar-refractivity contribution in [1.82, 2.24) is 20.4 Å². The van der Waals surface area contributed by atoms with Gasteiger partial charge in [0.15, 0.2) is 0 Å². The third kappa shape index (κ3) is 11.7. The second kappa shape index (κ2) is 18.2. The number of hydrogen-bond donors (Lipinski definition) is 3. The molecule has 0 aliphatic carbocycles. The Balaban J connectivity index is 2.23. The van der Waals surface area contributed by atoms with E-state index in [0.717, 1.165) is 0 Å². The normalized spacial score (nSPS) is 20.0. The van der Waals surface area contributed by atoms with Gasteiger partial charge < -0.3 is 40.4 Å². The second-order valence-corrected chi connectivity index (χ2v) is 12.9. The van der Waals surface area contributed by atoms with E-state index in [1.54, 1.807) is 32.9 Å². The molecule has 48 heavy (non-hydrogen) atoms. The van der Waals surface area contributed by atoms with E-state index < -0.39 is 83.6 Å². The number of nitrogens with two attached hydrogens (primary N) is 1. The van der Waals surface area contributed by atoms with E-state index in [1.165, 1.54) is 23.6 Å². The molecule has 15 heteroatoms. The number of esters is 2. The van der Waals surface area contributed by atoms with Gasteiger partial charge in [0, 0.05) is 25.9 Å². The van der Waals surface area contributed by atoms with Crippen LogP contribution in [-0.2, 0) is 43.0 Å². The number of likely N-dealkylation sites (tertiary alicyclic amines) is 2. The Hall–Kier alpha value is -4.43. The summed E-state index contributed by atoms with van der Waals surface area (Å²) in [6.07, 6.45) is 2.35. The molecule has 15 nitrogen and oxygen atoms in total. The smallest absolute Gasteiger partial charge is 0.408 e. The lowest BCUT2D eigenvalue weighted by Crippen LogP contribution is -2.60. The van der Waals surface area contributed by atoms with Gasteiger partial charge in [-0.3, -0.25) is 28.8 Å². The van der Waals surface area contributed by atoms with E-state index >= 15 is 0 Å². The number of nitrogens with one attached hydrogen (secondary N) is 2. The maximum atomic E-state index is 14.0. The lowest BCUT2D eigenvalue weighted by atomic mass is 10.1. The molecule has 4 N–H and O–H groups in total. The fraction of sp³-hybridized carbons (Fsp3) is 0.667. The first kappa shape index (κ1) is 39.7. The third-order valence-electron chi connectivity index (χ3n) is 7.88. The van der Waals surface area contributed by atoms with Crippen LogP contribution in [0.2, 0.25) is 0 Å². The van der Waals surface area contributed by atoms with Crippen LogP contribution in [0.1, 0.15) is 86.0 Å². The molecule has 0 radical (unpaired) electrons. The van der Waals surface area contributed by atoms with Crippen LogP contribution in [0.5, 0.6) is 0 Å². The van der Waals surface area contributed by atoms with Crippen molar-refractivity contribution in [1.29, 1.82) is 0 Å². The van der Waals surface area contributed by atoms with Crippen LogP contribution in [0.3, 0.4) is 0 Å². The van der Waals surface area contributed by atoms with Gasteiger partial charge in [0.2, 0.25) is 23.6 Å². The van der Waals surface area contributed by atoms with E-state index in [4.69, 9.17) is 19.9 Å². The third-order valence-corrected chi connectivity index (χ3v) is 7.88. The average Bonchev–Trinajstić information content (AvgIpc) is 3.69. The number of carbonyl (C=O) groups is 7. The van der Waals surface area contributed by atoms with Gasteiger partial charge in [-0.2, -0.15) is 0 Å². The molecule has 0 bridgehead atoms. The Morgan fingerprint density at radius 1 is 0.812 bits per heavy atom. The van der Waals surface area contributed by atoms with Gasteiger partial charge in [0.05, 0.1) is 0 Å². The van der Waals surface area contributed by atoms with Crippen LogP contribution >= 0.6 is 0 Å². The van der Waals surface area contributed by atoms with Crippen molar-refractivity contribution < 1.29 is 47.8 Å². The molecular formula is C33H51N5O10. The molecule has 5 amide bonds. The Morgan fingerprint density at radius 2 is 1.31 bits per heavy atom. The summed E-state index contributed by atoms with van der Waals surface area (Å²) in [6, 6.07) is -4.65. The summed E-state index contributed by atoms with van der Waals surface area (Å²) in [6.45, 7) is 15.4. The van der Waals surface area contributed by atoms with Crippen LogP contribution in [0.25, 0.3) is 0 Å². The largest absolute Gasteiger partial charge is 0.460 e. The Bertz CT molecular complexity index is 1230. The first-order chi connectivity index (χ1) is 22.5. The Morgan fingerprint density at radius 3 is 1.81 bits per heavy atom. The highest BCUT2D eigenvalue weighted by Crippen LogP contribution is 2.26. The molecule has 2 aliphatic rings. The zero-order valence-corrected chi connectivity index (χ0v) is 28.7. The summed E-state index contributed by atoms with van der Waals surface area (Å²) in [5.74, 6) is -3.89. The predicted molar refractivity (Wildman–Crippen MR) is 174 cm³/mol. The topological polar surface area (TPSA) is 204 Å². The first-order valence-corrected chi connectivity index (χ1v) is 16.3. The number of allylic oxidation sites excluding steroid dienone is 2. The molecule has 6 atom stereocenters. The Labute approximate surface area is 281 Å². The van der Waals surface area contributed by atoms with E-state index in [1.807, 2.05) is 0 Å². The number of amides is 5. The highest BCUT2D eigenvalue weighted by Gasteiger charge is 2.45. The van der Waals surface area contributed by atoms with Crippen molar-refractivity contribution in [3.8, 4) is 0 Å². The second-order valence-electron chi connectivity index (χ2n) is 12.9. The van der Waals surface area contributed by atoms with Crippen LogP contribution in [0.15, 0.2) is 25.3 Å². The number of primary amides is 1. The van der Waals surface area contributed by atoms with Crippen LogP contribution < -0.4 is 16.4 Å². The summed E-state index contributed by atoms with van der Waals surface area (Å²) in [5.41, 5.74) is 4.64. The Kier molecular flexibility index (Phi) is 15.1. The van der Waals surface area contributed by atoms with Crippen molar-refractivity contribution in [3.05, 3.63) is 25.3 Å². The average molecular weight is 678 g/mol. The first-order valence-electron chi connectivity index (χ1n) is 16.3. The van der Waals surface area contributed by atoms with Crippen LogP contribution in [0.4, 0.5) is 4.79 Å². The molecule has 0 spiro atoms. The highest BCUT2D eigenvalue weighted by atomic mass is 16.6. The van der Waals surface area contributed by atoms with Crippen molar-refractivity contribution in [2.45, 2.75) is 128 Å². The summed E-state index contributed by atoms with van der Waals surface area (Å²) >= 11 is 0. The summed E-state index contributed by atoms with van der Waals surface area (Å²) in [4.78, 5) is 93.5. The number of carbonyl (C=O) groups excluding carboxylic acids is 7. The molecule has 268 valence electrons. The molecule has 0 aromatic carbocycles. The molecule has 2 aliphatic heterocycles. The quantitative estimate of drug-likeness (QED) is 0.122. The maximum Gasteiger partial charge on any atom is 0.408 e. The monoisotopic (exact) mass is 677 g/mol. The molecule has 0 aromatic heterocycles. The molecule has 1 unspecified atom stereocenters. The van der Waals surface area contributed by atoms with Gasteiger partial charge in [0.25, 0.3) is 0 Å². The maximum absolute atomic E-state index is 14.0. The lowest BCUT2D eigenvalue weighted by Gasteiger charge is -2.34. The SMILES string of the molecule is C=CCCC(=O)O[C@H](C)C(NC(=O)[C@@H]1CCCN1C(=O)[C@@H]1CCCN1C(=O)[C@@H](NC(=O)OC(C)(C)C)[C@@H](C)OC(=O)CCC=C)C(N)=O. The summed E-state index contributed by atoms with van der Waals surface area (Å²) in [7, 11) is 0. The lowest BCUT2D eigenvalue weighted by molar-refractivity contribution is -0.156. The molecular weight excluding hydrogens is 626 g/mol. The van der Waals surface area contributed by atoms with Crippen LogP contribution in [0, 0.1) is 0 Å². The minimum atomic E-state index is -1.37. The number of alkyl carbamates (subject to hydrolysis) is 1. The number of ether oxygens (including phenoxy) is 3. The van der Waals surface area contributed by atoms with Gasteiger partial charge >= 0.3 is 18.0 Å². The van der Waals surface area contributed by atoms with E-state index in [9.17, 15) is 33.6 Å². The fourth-order valence-corrected chi connectivity index (χ4v) is 5.55. The molecule has 0 saturated carbocycles. The van der Waals surface area contributed by atoms with Gasteiger partial charge in [-0.1, -0.05) is 12.2 Å². The fourth-order valence-electron chi connectivity index (χ4n) is 5.55. The summed E-state index contributed by atoms with van der Waals surface area (Å²) in [5, 5.41) is 5.05. The highest BCUT2D eigenvalue weighted by molar-refractivity contribution is 5.96. The minimum absolute atomic E-state index is 0.0254. The predicted octanol–water partition coefficient (Wildman–Crippen LogP) is 1.63. The number of rotatable bonds is 16. The van der Waals surface area contributed by atoms with Gasteiger partial charge in [-0.05, 0) is 73.1 Å². The molecule has 2 heterocycles. The van der Waals surface area contributed by atoms with E-state index in [2.05, 4.69) is 23.8 Å². The van der Waals surface area contributed by atoms with E-state index in [0.29, 0.717) is 32.1 Å². The van der Waals surface area contributed by atoms with Gasteiger partial charge in [-0.15, -0.1) is 13.2 Å².